The van der Waals surface area contributed by atoms with Crippen molar-refractivity contribution in [2.75, 3.05) is 11.5 Å². The molecule has 19 heavy (non-hydrogen) atoms. The number of nitrogens with two attached hydrogens (primary N) is 1. The van der Waals surface area contributed by atoms with E-state index in [4.69, 9.17) is 5.73 Å². The minimum absolute atomic E-state index is 0.190. The van der Waals surface area contributed by atoms with Gasteiger partial charge in [0.2, 0.25) is 0 Å². The highest BCUT2D eigenvalue weighted by Gasteiger charge is 2.29. The molecule has 1 aromatic rings. The number of hydrogen-bond acceptors (Lipinski definition) is 3. The number of rotatable bonds is 4. The summed E-state index contributed by atoms with van der Waals surface area (Å²) in [5, 5.41) is 3.51. The smallest absolute Gasteiger partial charge is 0.253 e. The average molecular weight is 282 g/mol. The minimum Gasteiger partial charge on any atom is -0.398 e. The Kier molecular flexibility index (Phi) is 4.69. The second-order valence-corrected chi connectivity index (χ2v) is 6.25. The van der Waals surface area contributed by atoms with Crippen LogP contribution in [0.15, 0.2) is 18.2 Å². The third-order valence-corrected chi connectivity index (χ3v) is 4.73. The summed E-state index contributed by atoms with van der Waals surface area (Å²) < 4.78 is 13.0. The van der Waals surface area contributed by atoms with E-state index in [2.05, 4.69) is 12.2 Å². The lowest BCUT2D eigenvalue weighted by atomic mass is 10.1. The molecule has 2 rings (SSSR count). The fraction of sp³-hybridized carbons (Fsp3) is 0.500. The molecule has 3 N–H and O–H groups in total. The van der Waals surface area contributed by atoms with Crippen LogP contribution in [0.1, 0.15) is 36.5 Å². The lowest BCUT2D eigenvalue weighted by molar-refractivity contribution is 0.0939. The number of carbonyl (C=O) groups excluding carboxylic acids is 1. The Balaban J connectivity index is 2.04. The van der Waals surface area contributed by atoms with E-state index in [9.17, 15) is 9.18 Å². The number of benzene rings is 1. The van der Waals surface area contributed by atoms with E-state index in [0.717, 1.165) is 25.0 Å². The SMILES string of the molecule is CCSC1CCCC1NC(=O)c1ccc(F)cc1N. The minimum atomic E-state index is -0.422. The van der Waals surface area contributed by atoms with E-state index in [1.807, 2.05) is 11.8 Å². The van der Waals surface area contributed by atoms with Gasteiger partial charge in [0.05, 0.1) is 5.56 Å². The summed E-state index contributed by atoms with van der Waals surface area (Å²) in [6.07, 6.45) is 3.29. The van der Waals surface area contributed by atoms with Crippen molar-refractivity contribution in [3.63, 3.8) is 0 Å². The van der Waals surface area contributed by atoms with Gasteiger partial charge in [-0.2, -0.15) is 11.8 Å². The standard InChI is InChI=1S/C14H19FN2OS/c1-2-19-13-5-3-4-12(13)17-14(18)10-7-6-9(15)8-11(10)16/h6-8,12-13H,2-5,16H2,1H3,(H,17,18). The molecule has 1 saturated carbocycles. The van der Waals surface area contributed by atoms with Crippen molar-refractivity contribution in [3.05, 3.63) is 29.6 Å². The molecule has 1 aromatic carbocycles. The highest BCUT2D eigenvalue weighted by atomic mass is 32.2. The predicted molar refractivity (Wildman–Crippen MR) is 77.8 cm³/mol. The molecule has 104 valence electrons. The maximum atomic E-state index is 13.0. The number of amides is 1. The first kappa shape index (κ1) is 14.2. The van der Waals surface area contributed by atoms with Gasteiger partial charge in [0.1, 0.15) is 5.82 Å². The summed E-state index contributed by atoms with van der Waals surface area (Å²) in [6.45, 7) is 2.12. The Morgan fingerprint density at radius 3 is 3.00 bits per heavy atom. The van der Waals surface area contributed by atoms with E-state index in [0.29, 0.717) is 10.8 Å². The number of halogens is 1. The Labute approximate surface area is 117 Å². The lowest BCUT2D eigenvalue weighted by Crippen LogP contribution is -2.39. The fourth-order valence-electron chi connectivity index (χ4n) is 2.49. The zero-order valence-electron chi connectivity index (χ0n) is 11.0. The third-order valence-electron chi connectivity index (χ3n) is 3.41. The number of hydrogen-bond donors (Lipinski definition) is 2. The van der Waals surface area contributed by atoms with E-state index in [1.54, 1.807) is 0 Å². The van der Waals surface area contributed by atoms with E-state index in [1.165, 1.54) is 18.2 Å². The normalized spacial score (nSPS) is 22.4. The molecule has 5 heteroatoms. The Hall–Kier alpha value is -1.23. The predicted octanol–water partition coefficient (Wildman–Crippen LogP) is 2.81. The highest BCUT2D eigenvalue weighted by molar-refractivity contribution is 7.99. The Bertz CT molecular complexity index is 467. The lowest BCUT2D eigenvalue weighted by Gasteiger charge is -2.20. The number of anilines is 1. The Morgan fingerprint density at radius 1 is 1.53 bits per heavy atom. The van der Waals surface area contributed by atoms with Crippen LogP contribution < -0.4 is 11.1 Å². The van der Waals surface area contributed by atoms with Gasteiger partial charge in [-0.05, 0) is 36.8 Å². The van der Waals surface area contributed by atoms with Crippen LogP contribution in [0, 0.1) is 5.82 Å². The molecule has 0 aliphatic heterocycles. The molecule has 2 unspecified atom stereocenters. The van der Waals surface area contributed by atoms with Gasteiger partial charge in [-0.15, -0.1) is 0 Å². The zero-order chi connectivity index (χ0) is 13.8. The van der Waals surface area contributed by atoms with Crippen molar-refractivity contribution in [1.82, 2.24) is 5.32 Å². The first-order valence-electron chi connectivity index (χ1n) is 6.59. The second-order valence-electron chi connectivity index (χ2n) is 4.74. The van der Waals surface area contributed by atoms with Gasteiger partial charge in [0, 0.05) is 17.0 Å². The number of nitrogens with one attached hydrogen (secondary N) is 1. The summed E-state index contributed by atoms with van der Waals surface area (Å²) in [5.74, 6) is 0.427. The van der Waals surface area contributed by atoms with Crippen LogP contribution in [0.25, 0.3) is 0 Å². The van der Waals surface area contributed by atoms with Crippen LogP contribution in [-0.2, 0) is 0 Å². The van der Waals surface area contributed by atoms with Crippen molar-refractivity contribution in [2.45, 2.75) is 37.5 Å². The monoisotopic (exact) mass is 282 g/mol. The molecule has 0 radical (unpaired) electrons. The summed E-state index contributed by atoms with van der Waals surface area (Å²) in [6, 6.07) is 4.08. The molecule has 2 atom stereocenters. The zero-order valence-corrected chi connectivity index (χ0v) is 11.8. The molecule has 1 aliphatic carbocycles. The number of thioether (sulfide) groups is 1. The van der Waals surface area contributed by atoms with Crippen molar-refractivity contribution in [3.8, 4) is 0 Å². The first-order valence-corrected chi connectivity index (χ1v) is 7.64. The highest BCUT2D eigenvalue weighted by Crippen LogP contribution is 2.30. The van der Waals surface area contributed by atoms with Crippen molar-refractivity contribution >= 4 is 23.4 Å². The van der Waals surface area contributed by atoms with Gasteiger partial charge in [-0.25, -0.2) is 4.39 Å². The van der Waals surface area contributed by atoms with Crippen LogP contribution in [0.3, 0.4) is 0 Å². The number of carbonyl (C=O) groups is 1. The summed E-state index contributed by atoms with van der Waals surface area (Å²) in [5.41, 5.74) is 6.23. The maximum Gasteiger partial charge on any atom is 0.253 e. The molecular weight excluding hydrogens is 263 g/mol. The summed E-state index contributed by atoms with van der Waals surface area (Å²) in [4.78, 5) is 12.2. The van der Waals surface area contributed by atoms with Gasteiger partial charge >= 0.3 is 0 Å². The first-order chi connectivity index (χ1) is 9.11. The van der Waals surface area contributed by atoms with Crippen LogP contribution in [0.4, 0.5) is 10.1 Å². The van der Waals surface area contributed by atoms with Gasteiger partial charge in [0.15, 0.2) is 0 Å². The van der Waals surface area contributed by atoms with Crippen molar-refractivity contribution < 1.29 is 9.18 Å². The van der Waals surface area contributed by atoms with Crippen LogP contribution in [0.5, 0.6) is 0 Å². The molecule has 0 aromatic heterocycles. The quantitative estimate of drug-likeness (QED) is 0.835. The summed E-state index contributed by atoms with van der Waals surface area (Å²) in [7, 11) is 0. The summed E-state index contributed by atoms with van der Waals surface area (Å²) >= 11 is 1.88. The van der Waals surface area contributed by atoms with Gasteiger partial charge in [-0.1, -0.05) is 13.3 Å². The molecule has 1 amide bonds. The fourth-order valence-corrected chi connectivity index (χ4v) is 3.69. The topological polar surface area (TPSA) is 55.1 Å². The van der Waals surface area contributed by atoms with Crippen LogP contribution in [-0.4, -0.2) is 23.0 Å². The third kappa shape index (κ3) is 3.41. The largest absolute Gasteiger partial charge is 0.398 e. The number of nitrogen functional groups attached to an aromatic ring is 1. The van der Waals surface area contributed by atoms with Gasteiger partial charge < -0.3 is 11.1 Å². The van der Waals surface area contributed by atoms with Crippen molar-refractivity contribution in [1.29, 1.82) is 0 Å². The van der Waals surface area contributed by atoms with Crippen LogP contribution in [0.2, 0.25) is 0 Å². The molecule has 0 bridgehead atoms. The molecule has 3 nitrogen and oxygen atoms in total. The van der Waals surface area contributed by atoms with Gasteiger partial charge in [-0.3, -0.25) is 4.79 Å². The molecule has 0 spiro atoms. The molecule has 0 heterocycles. The average Bonchev–Trinajstić information content (AvgIpc) is 2.77. The van der Waals surface area contributed by atoms with Gasteiger partial charge in [0.25, 0.3) is 5.91 Å². The molecular formula is C14H19FN2OS. The van der Waals surface area contributed by atoms with E-state index in [-0.39, 0.29) is 17.6 Å². The molecule has 1 fully saturated rings. The van der Waals surface area contributed by atoms with E-state index >= 15 is 0 Å². The van der Waals surface area contributed by atoms with E-state index < -0.39 is 5.82 Å². The maximum absolute atomic E-state index is 13.0. The molecule has 0 saturated heterocycles. The second kappa shape index (κ2) is 6.28. The molecule has 1 aliphatic rings. The Morgan fingerprint density at radius 2 is 2.32 bits per heavy atom. The van der Waals surface area contributed by atoms with Crippen LogP contribution >= 0.6 is 11.8 Å². The van der Waals surface area contributed by atoms with Crippen molar-refractivity contribution in [2.24, 2.45) is 0 Å².